The van der Waals surface area contributed by atoms with Gasteiger partial charge in [-0.15, -0.1) is 0 Å². The molecule has 1 aromatic rings. The van der Waals surface area contributed by atoms with Gasteiger partial charge in [-0.1, -0.05) is 0 Å². The maximum atomic E-state index is 11.6. The first-order chi connectivity index (χ1) is 7.13. The van der Waals surface area contributed by atoms with Crippen LogP contribution in [0.2, 0.25) is 0 Å². The number of phenolic OH excluding ortho intramolecular Hbond substituents is 1. The van der Waals surface area contributed by atoms with E-state index < -0.39 is 16.8 Å². The second-order valence-corrected chi connectivity index (χ2v) is 4.24. The lowest BCUT2D eigenvalue weighted by Crippen LogP contribution is -2.13. The fourth-order valence-electron chi connectivity index (χ4n) is 0.991. The number of aromatic hydroxyl groups is 1. The third kappa shape index (κ3) is 3.71. The highest BCUT2D eigenvalue weighted by Crippen LogP contribution is 2.13. The third-order valence-electron chi connectivity index (χ3n) is 1.65. The lowest BCUT2D eigenvalue weighted by molar-refractivity contribution is -0.139. The molecule has 0 amide bonds. The normalized spacial score (nSPS) is 12.1. The standard InChI is InChI=1S/C10H12O4S/c1-2-14-10(12)7-15(13)9-5-3-8(11)4-6-9/h3-6,11H,2,7H2,1H3. The lowest BCUT2D eigenvalue weighted by Gasteiger charge is -2.02. The third-order valence-corrected chi connectivity index (χ3v) is 2.95. The Morgan fingerprint density at radius 2 is 2.00 bits per heavy atom. The molecule has 1 aromatic carbocycles. The molecule has 0 heterocycles. The number of benzene rings is 1. The SMILES string of the molecule is CCOC(=O)CS(=O)c1ccc(O)cc1. The Balaban J connectivity index is 2.61. The van der Waals surface area contributed by atoms with E-state index >= 15 is 0 Å². The van der Waals surface area contributed by atoms with E-state index in [4.69, 9.17) is 5.11 Å². The fourth-order valence-corrected chi connectivity index (χ4v) is 1.89. The maximum Gasteiger partial charge on any atom is 0.318 e. The van der Waals surface area contributed by atoms with Crippen LogP contribution in [0.3, 0.4) is 0 Å². The van der Waals surface area contributed by atoms with E-state index in [9.17, 15) is 9.00 Å². The van der Waals surface area contributed by atoms with E-state index in [1.807, 2.05) is 0 Å². The highest BCUT2D eigenvalue weighted by Gasteiger charge is 2.10. The number of rotatable bonds is 4. The molecule has 4 nitrogen and oxygen atoms in total. The molecule has 0 saturated heterocycles. The summed E-state index contributed by atoms with van der Waals surface area (Å²) < 4.78 is 16.2. The summed E-state index contributed by atoms with van der Waals surface area (Å²) in [5.74, 6) is -0.533. The van der Waals surface area contributed by atoms with E-state index in [1.54, 1.807) is 6.92 Å². The monoisotopic (exact) mass is 228 g/mol. The van der Waals surface area contributed by atoms with Crippen molar-refractivity contribution in [1.29, 1.82) is 0 Å². The Hall–Kier alpha value is -1.36. The van der Waals surface area contributed by atoms with Crippen LogP contribution in [0.4, 0.5) is 0 Å². The zero-order valence-electron chi connectivity index (χ0n) is 8.30. The Labute approximate surface area is 90.3 Å². The van der Waals surface area contributed by atoms with Crippen molar-refractivity contribution in [3.63, 3.8) is 0 Å². The average Bonchev–Trinajstić information content (AvgIpc) is 2.18. The summed E-state index contributed by atoms with van der Waals surface area (Å²) in [5, 5.41) is 9.01. The topological polar surface area (TPSA) is 63.6 Å². The first-order valence-electron chi connectivity index (χ1n) is 4.46. The molecule has 0 aliphatic carbocycles. The predicted octanol–water partition coefficient (Wildman–Crippen LogP) is 1.06. The molecular formula is C10H12O4S. The van der Waals surface area contributed by atoms with Crippen LogP contribution >= 0.6 is 0 Å². The zero-order valence-corrected chi connectivity index (χ0v) is 9.12. The Morgan fingerprint density at radius 1 is 1.40 bits per heavy atom. The summed E-state index contributed by atoms with van der Waals surface area (Å²) in [6.45, 7) is 1.98. The molecule has 1 atom stereocenters. The second-order valence-electron chi connectivity index (χ2n) is 2.79. The van der Waals surface area contributed by atoms with Gasteiger partial charge in [0.05, 0.1) is 17.4 Å². The fraction of sp³-hybridized carbons (Fsp3) is 0.300. The summed E-state index contributed by atoms with van der Waals surface area (Å²) in [5.41, 5.74) is 0. The molecule has 1 rings (SSSR count). The van der Waals surface area contributed by atoms with E-state index in [0.717, 1.165) is 0 Å². The van der Waals surface area contributed by atoms with Gasteiger partial charge in [0.25, 0.3) is 0 Å². The van der Waals surface area contributed by atoms with Crippen LogP contribution in [0.5, 0.6) is 5.75 Å². The number of hydrogen-bond acceptors (Lipinski definition) is 4. The summed E-state index contributed by atoms with van der Waals surface area (Å²) in [4.78, 5) is 11.5. The molecule has 0 aliphatic heterocycles. The minimum atomic E-state index is -1.41. The van der Waals surface area contributed by atoms with Crippen molar-refractivity contribution < 1.29 is 18.8 Å². The van der Waals surface area contributed by atoms with Crippen LogP contribution in [0.1, 0.15) is 6.92 Å². The first kappa shape index (κ1) is 11.7. The number of ether oxygens (including phenoxy) is 1. The van der Waals surface area contributed by atoms with Crippen LogP contribution in [0, 0.1) is 0 Å². The summed E-state index contributed by atoms with van der Waals surface area (Å²) >= 11 is 0. The van der Waals surface area contributed by atoms with Gasteiger partial charge in [0, 0.05) is 4.90 Å². The van der Waals surface area contributed by atoms with E-state index in [2.05, 4.69) is 4.74 Å². The number of esters is 1. The Morgan fingerprint density at radius 3 is 2.53 bits per heavy atom. The molecule has 0 bridgehead atoms. The van der Waals surface area contributed by atoms with Gasteiger partial charge >= 0.3 is 5.97 Å². The summed E-state index contributed by atoms with van der Waals surface area (Å²) in [7, 11) is -1.41. The van der Waals surface area contributed by atoms with Crippen molar-refractivity contribution in [2.24, 2.45) is 0 Å². The smallest absolute Gasteiger partial charge is 0.318 e. The van der Waals surface area contributed by atoms with Crippen molar-refractivity contribution in [3.8, 4) is 5.75 Å². The molecule has 5 heteroatoms. The van der Waals surface area contributed by atoms with Crippen LogP contribution in [0.15, 0.2) is 29.2 Å². The van der Waals surface area contributed by atoms with Crippen molar-refractivity contribution in [2.75, 3.05) is 12.4 Å². The van der Waals surface area contributed by atoms with Gasteiger partial charge in [-0.2, -0.15) is 0 Å². The van der Waals surface area contributed by atoms with E-state index in [1.165, 1.54) is 24.3 Å². The molecule has 1 N–H and O–H groups in total. The molecule has 0 aliphatic rings. The van der Waals surface area contributed by atoms with Crippen LogP contribution in [0.25, 0.3) is 0 Å². The van der Waals surface area contributed by atoms with Gasteiger partial charge in [0.2, 0.25) is 0 Å². The Kier molecular flexibility index (Phi) is 4.30. The lowest BCUT2D eigenvalue weighted by atomic mass is 10.3. The van der Waals surface area contributed by atoms with E-state index in [0.29, 0.717) is 4.90 Å². The molecule has 82 valence electrons. The molecule has 0 radical (unpaired) electrons. The van der Waals surface area contributed by atoms with E-state index in [-0.39, 0.29) is 18.1 Å². The molecule has 0 spiro atoms. The highest BCUT2D eigenvalue weighted by molar-refractivity contribution is 7.85. The van der Waals surface area contributed by atoms with Crippen molar-refractivity contribution in [2.45, 2.75) is 11.8 Å². The molecule has 1 unspecified atom stereocenters. The second kappa shape index (κ2) is 5.50. The van der Waals surface area contributed by atoms with Gasteiger partial charge in [-0.25, -0.2) is 0 Å². The predicted molar refractivity (Wildman–Crippen MR) is 56.0 cm³/mol. The largest absolute Gasteiger partial charge is 0.508 e. The average molecular weight is 228 g/mol. The molecule has 0 saturated carbocycles. The molecule has 0 fully saturated rings. The minimum absolute atomic E-state index is 0.104. The number of phenols is 1. The van der Waals surface area contributed by atoms with Crippen LogP contribution in [-0.2, 0) is 20.3 Å². The quantitative estimate of drug-likeness (QED) is 0.783. The molecule has 0 aromatic heterocycles. The maximum absolute atomic E-state index is 11.6. The number of carbonyl (C=O) groups is 1. The van der Waals surface area contributed by atoms with Crippen molar-refractivity contribution >= 4 is 16.8 Å². The molecule has 15 heavy (non-hydrogen) atoms. The first-order valence-corrected chi connectivity index (χ1v) is 5.78. The van der Waals surface area contributed by atoms with Crippen LogP contribution in [-0.4, -0.2) is 27.6 Å². The molecular weight excluding hydrogens is 216 g/mol. The highest BCUT2D eigenvalue weighted by atomic mass is 32.2. The van der Waals surface area contributed by atoms with Gasteiger partial charge in [-0.3, -0.25) is 9.00 Å². The summed E-state index contributed by atoms with van der Waals surface area (Å²) in [6, 6.07) is 5.89. The van der Waals surface area contributed by atoms with Gasteiger partial charge < -0.3 is 9.84 Å². The van der Waals surface area contributed by atoms with Gasteiger partial charge in [0.1, 0.15) is 11.5 Å². The minimum Gasteiger partial charge on any atom is -0.508 e. The van der Waals surface area contributed by atoms with Crippen LogP contribution < -0.4 is 0 Å². The van der Waals surface area contributed by atoms with Gasteiger partial charge in [0.15, 0.2) is 0 Å². The zero-order chi connectivity index (χ0) is 11.3. The number of hydrogen-bond donors (Lipinski definition) is 1. The Bertz CT molecular complexity index is 358. The van der Waals surface area contributed by atoms with Gasteiger partial charge in [-0.05, 0) is 31.2 Å². The van der Waals surface area contributed by atoms with Crippen molar-refractivity contribution in [1.82, 2.24) is 0 Å². The van der Waals surface area contributed by atoms with Crippen molar-refractivity contribution in [3.05, 3.63) is 24.3 Å². The number of carbonyl (C=O) groups excluding carboxylic acids is 1. The summed E-state index contributed by atoms with van der Waals surface area (Å²) in [6.07, 6.45) is 0.